The molecule has 0 radical (unpaired) electrons. The fourth-order valence-corrected chi connectivity index (χ4v) is 2.28. The molecule has 2 rings (SSSR count). The van der Waals surface area contributed by atoms with Crippen LogP contribution in [0, 0.1) is 6.92 Å². The molecule has 2 nitrogen and oxygen atoms in total. The number of aryl methyl sites for hydroxylation is 1. The Balaban J connectivity index is 2.19. The molecule has 1 atom stereocenters. The topological polar surface area (TPSA) is 21.3 Å². The Kier molecular flexibility index (Phi) is 3.27. The van der Waals surface area contributed by atoms with Gasteiger partial charge >= 0.3 is 0 Å². The molecule has 1 heterocycles. The number of ether oxygens (including phenoxy) is 1. The normalized spacial score (nSPS) is 21.3. The van der Waals surface area contributed by atoms with Crippen LogP contribution >= 0.6 is 0 Å². The molecule has 0 spiro atoms. The maximum absolute atomic E-state index is 5.22. The lowest BCUT2D eigenvalue weighted by atomic mass is 9.94. The van der Waals surface area contributed by atoms with Crippen molar-refractivity contribution in [1.82, 2.24) is 5.32 Å². The van der Waals surface area contributed by atoms with E-state index in [1.165, 1.54) is 30.4 Å². The van der Waals surface area contributed by atoms with Crippen LogP contribution in [0.3, 0.4) is 0 Å². The molecule has 1 N–H and O–H groups in total. The summed E-state index contributed by atoms with van der Waals surface area (Å²) < 4.78 is 5.22. The van der Waals surface area contributed by atoms with E-state index in [-0.39, 0.29) is 0 Å². The molecule has 0 unspecified atom stereocenters. The number of benzene rings is 1. The molecule has 1 aliphatic heterocycles. The highest BCUT2D eigenvalue weighted by atomic mass is 16.5. The number of hydrogen-bond donors (Lipinski definition) is 1. The zero-order valence-electron chi connectivity index (χ0n) is 9.55. The van der Waals surface area contributed by atoms with Crippen LogP contribution in [-0.4, -0.2) is 13.7 Å². The smallest absolute Gasteiger partial charge is 0.119 e. The van der Waals surface area contributed by atoms with E-state index in [0.717, 1.165) is 12.3 Å². The van der Waals surface area contributed by atoms with Crippen LogP contribution in [0.1, 0.15) is 36.4 Å². The first-order chi connectivity index (χ1) is 7.31. The van der Waals surface area contributed by atoms with Crippen molar-refractivity contribution in [3.05, 3.63) is 29.3 Å². The molecule has 1 aliphatic rings. The second-order valence-corrected chi connectivity index (χ2v) is 4.23. The van der Waals surface area contributed by atoms with E-state index in [0.29, 0.717) is 6.04 Å². The Morgan fingerprint density at radius 1 is 1.33 bits per heavy atom. The van der Waals surface area contributed by atoms with Gasteiger partial charge < -0.3 is 10.1 Å². The molecule has 1 aromatic rings. The SMILES string of the molecule is COc1ccc([C@@H]2CCCCN2)c(C)c1. The van der Waals surface area contributed by atoms with Crippen molar-refractivity contribution < 1.29 is 4.74 Å². The first-order valence-corrected chi connectivity index (χ1v) is 5.69. The van der Waals surface area contributed by atoms with Crippen molar-refractivity contribution in [2.75, 3.05) is 13.7 Å². The molecule has 1 saturated heterocycles. The Labute approximate surface area is 91.6 Å². The van der Waals surface area contributed by atoms with Crippen molar-refractivity contribution in [3.63, 3.8) is 0 Å². The predicted octanol–water partition coefficient (Wildman–Crippen LogP) is 2.82. The second kappa shape index (κ2) is 4.67. The lowest BCUT2D eigenvalue weighted by Crippen LogP contribution is -2.27. The van der Waals surface area contributed by atoms with E-state index in [4.69, 9.17) is 4.74 Å². The summed E-state index contributed by atoms with van der Waals surface area (Å²) >= 11 is 0. The minimum Gasteiger partial charge on any atom is -0.497 e. The van der Waals surface area contributed by atoms with Gasteiger partial charge in [-0.1, -0.05) is 12.5 Å². The van der Waals surface area contributed by atoms with Gasteiger partial charge in [-0.3, -0.25) is 0 Å². The van der Waals surface area contributed by atoms with Crippen molar-refractivity contribution in [2.45, 2.75) is 32.2 Å². The summed E-state index contributed by atoms with van der Waals surface area (Å²) in [6.07, 6.45) is 3.90. The van der Waals surface area contributed by atoms with Crippen molar-refractivity contribution >= 4 is 0 Å². The highest BCUT2D eigenvalue weighted by Crippen LogP contribution is 2.27. The van der Waals surface area contributed by atoms with Gasteiger partial charge in [0, 0.05) is 6.04 Å². The first-order valence-electron chi connectivity index (χ1n) is 5.69. The zero-order chi connectivity index (χ0) is 10.7. The molecule has 1 aromatic carbocycles. The Hall–Kier alpha value is -1.02. The molecule has 0 aromatic heterocycles. The molecular weight excluding hydrogens is 186 g/mol. The average Bonchev–Trinajstić information content (AvgIpc) is 2.30. The van der Waals surface area contributed by atoms with Gasteiger partial charge in [0.05, 0.1) is 7.11 Å². The summed E-state index contributed by atoms with van der Waals surface area (Å²) in [5.74, 6) is 0.951. The zero-order valence-corrected chi connectivity index (χ0v) is 9.55. The van der Waals surface area contributed by atoms with E-state index < -0.39 is 0 Å². The van der Waals surface area contributed by atoms with Crippen molar-refractivity contribution in [3.8, 4) is 5.75 Å². The number of rotatable bonds is 2. The Morgan fingerprint density at radius 3 is 2.80 bits per heavy atom. The summed E-state index contributed by atoms with van der Waals surface area (Å²) in [6, 6.07) is 6.91. The summed E-state index contributed by atoms with van der Waals surface area (Å²) in [5, 5.41) is 3.57. The molecule has 0 saturated carbocycles. The Bertz CT molecular complexity index is 329. The fourth-order valence-electron chi connectivity index (χ4n) is 2.28. The van der Waals surface area contributed by atoms with E-state index in [2.05, 4.69) is 30.4 Å². The van der Waals surface area contributed by atoms with E-state index in [9.17, 15) is 0 Å². The van der Waals surface area contributed by atoms with Gasteiger partial charge in [0.15, 0.2) is 0 Å². The number of piperidine rings is 1. The van der Waals surface area contributed by atoms with Gasteiger partial charge in [-0.2, -0.15) is 0 Å². The van der Waals surface area contributed by atoms with Crippen LogP contribution in [0.2, 0.25) is 0 Å². The molecule has 1 fully saturated rings. The Morgan fingerprint density at radius 2 is 2.20 bits per heavy atom. The van der Waals surface area contributed by atoms with Gasteiger partial charge in [0.1, 0.15) is 5.75 Å². The van der Waals surface area contributed by atoms with Crippen LogP contribution in [0.5, 0.6) is 5.75 Å². The lowest BCUT2D eigenvalue weighted by molar-refractivity contribution is 0.404. The van der Waals surface area contributed by atoms with Crippen LogP contribution in [0.25, 0.3) is 0 Å². The first kappa shape index (κ1) is 10.5. The third-order valence-corrected chi connectivity index (χ3v) is 3.16. The standard InChI is InChI=1S/C13H19NO/c1-10-9-11(15-2)6-7-12(10)13-5-3-4-8-14-13/h6-7,9,13-14H,3-5,8H2,1-2H3/t13-/m0/s1. The summed E-state index contributed by atoms with van der Waals surface area (Å²) in [6.45, 7) is 3.31. The lowest BCUT2D eigenvalue weighted by Gasteiger charge is -2.25. The molecule has 82 valence electrons. The highest BCUT2D eigenvalue weighted by Gasteiger charge is 2.16. The minimum absolute atomic E-state index is 0.546. The summed E-state index contributed by atoms with van der Waals surface area (Å²) in [5.41, 5.74) is 2.75. The summed E-state index contributed by atoms with van der Waals surface area (Å²) in [7, 11) is 1.72. The van der Waals surface area contributed by atoms with Crippen LogP contribution in [-0.2, 0) is 0 Å². The number of methoxy groups -OCH3 is 1. The van der Waals surface area contributed by atoms with Crippen LogP contribution < -0.4 is 10.1 Å². The molecule has 0 bridgehead atoms. The van der Waals surface area contributed by atoms with Crippen LogP contribution in [0.4, 0.5) is 0 Å². The largest absolute Gasteiger partial charge is 0.497 e. The van der Waals surface area contributed by atoms with Crippen molar-refractivity contribution in [1.29, 1.82) is 0 Å². The fraction of sp³-hybridized carbons (Fsp3) is 0.538. The average molecular weight is 205 g/mol. The maximum Gasteiger partial charge on any atom is 0.119 e. The molecule has 0 aliphatic carbocycles. The van der Waals surface area contributed by atoms with Gasteiger partial charge in [-0.15, -0.1) is 0 Å². The monoisotopic (exact) mass is 205 g/mol. The van der Waals surface area contributed by atoms with Gasteiger partial charge in [-0.25, -0.2) is 0 Å². The number of nitrogens with one attached hydrogen (secondary N) is 1. The second-order valence-electron chi connectivity index (χ2n) is 4.23. The third kappa shape index (κ3) is 2.32. The van der Waals surface area contributed by atoms with Crippen LogP contribution in [0.15, 0.2) is 18.2 Å². The van der Waals surface area contributed by atoms with E-state index >= 15 is 0 Å². The summed E-state index contributed by atoms with van der Waals surface area (Å²) in [4.78, 5) is 0. The van der Waals surface area contributed by atoms with E-state index in [1.807, 2.05) is 0 Å². The van der Waals surface area contributed by atoms with Crippen molar-refractivity contribution in [2.24, 2.45) is 0 Å². The molecule has 2 heteroatoms. The maximum atomic E-state index is 5.22. The van der Waals surface area contributed by atoms with Gasteiger partial charge in [0.25, 0.3) is 0 Å². The van der Waals surface area contributed by atoms with Gasteiger partial charge in [0.2, 0.25) is 0 Å². The quantitative estimate of drug-likeness (QED) is 0.801. The third-order valence-electron chi connectivity index (χ3n) is 3.16. The molecular formula is C13H19NO. The highest BCUT2D eigenvalue weighted by molar-refractivity contribution is 5.36. The minimum atomic E-state index is 0.546. The van der Waals surface area contributed by atoms with E-state index in [1.54, 1.807) is 7.11 Å². The van der Waals surface area contributed by atoms with Gasteiger partial charge in [-0.05, 0) is 49.6 Å². The molecule has 15 heavy (non-hydrogen) atoms. The predicted molar refractivity (Wildman–Crippen MR) is 62.3 cm³/mol. The molecule has 0 amide bonds. The number of hydrogen-bond acceptors (Lipinski definition) is 2.